The highest BCUT2D eigenvalue weighted by Gasteiger charge is 2.39. The van der Waals surface area contributed by atoms with E-state index in [2.05, 4.69) is 0 Å². The fourth-order valence-electron chi connectivity index (χ4n) is 2.89. The van der Waals surface area contributed by atoms with Gasteiger partial charge in [-0.25, -0.2) is 4.79 Å². The molecule has 2 aromatic rings. The van der Waals surface area contributed by atoms with Crippen LogP contribution in [0.4, 0.5) is 11.4 Å². The van der Waals surface area contributed by atoms with E-state index in [-0.39, 0.29) is 11.1 Å². The third-order valence-corrected chi connectivity index (χ3v) is 3.97. The minimum Gasteiger partial charge on any atom is -0.478 e. The summed E-state index contributed by atoms with van der Waals surface area (Å²) in [6.07, 6.45) is 0. The Bertz CT molecular complexity index is 977. The van der Waals surface area contributed by atoms with E-state index in [1.54, 1.807) is 19.1 Å². The minimum absolute atomic E-state index is 0.0519. The van der Waals surface area contributed by atoms with Crippen molar-refractivity contribution in [2.75, 3.05) is 5.73 Å². The Morgan fingerprint density at radius 3 is 2.42 bits per heavy atom. The number of nitrogen functional groups attached to an aromatic ring is 1. The second-order valence-electron chi connectivity index (χ2n) is 5.32. The Morgan fingerprint density at radius 1 is 1.17 bits per heavy atom. The van der Waals surface area contributed by atoms with Crippen molar-refractivity contribution < 1.29 is 24.4 Å². The van der Waals surface area contributed by atoms with Crippen molar-refractivity contribution in [3.8, 4) is 0 Å². The summed E-state index contributed by atoms with van der Waals surface area (Å²) in [5, 5.41) is 20.5. The second-order valence-corrected chi connectivity index (χ2v) is 5.32. The van der Waals surface area contributed by atoms with E-state index < -0.39 is 50.5 Å². The average Bonchev–Trinajstić information content (AvgIpc) is 2.51. The zero-order chi connectivity index (χ0) is 17.8. The molecule has 0 aromatic heterocycles. The number of nitro groups is 1. The van der Waals surface area contributed by atoms with Gasteiger partial charge in [-0.3, -0.25) is 19.7 Å². The normalized spacial score (nSPS) is 12.5. The molecule has 24 heavy (non-hydrogen) atoms. The largest absolute Gasteiger partial charge is 0.478 e. The predicted molar refractivity (Wildman–Crippen MR) is 82.5 cm³/mol. The zero-order valence-corrected chi connectivity index (χ0v) is 12.3. The number of nitrogens with two attached hydrogens (primary N) is 1. The van der Waals surface area contributed by atoms with Gasteiger partial charge in [-0.1, -0.05) is 18.2 Å². The highest BCUT2D eigenvalue weighted by Crippen LogP contribution is 2.39. The van der Waals surface area contributed by atoms with Crippen LogP contribution in [0.3, 0.4) is 0 Å². The van der Waals surface area contributed by atoms with E-state index in [1.165, 1.54) is 6.07 Å². The van der Waals surface area contributed by atoms with Crippen molar-refractivity contribution in [3.63, 3.8) is 0 Å². The number of hydrogen-bond donors (Lipinski definition) is 2. The van der Waals surface area contributed by atoms with Crippen LogP contribution in [0.2, 0.25) is 0 Å². The van der Waals surface area contributed by atoms with Crippen LogP contribution in [0.5, 0.6) is 0 Å². The lowest BCUT2D eigenvalue weighted by Crippen LogP contribution is -2.26. The molecule has 0 saturated heterocycles. The summed E-state index contributed by atoms with van der Waals surface area (Å²) in [5.74, 6) is -2.94. The van der Waals surface area contributed by atoms with Crippen LogP contribution < -0.4 is 5.73 Å². The maximum atomic E-state index is 12.8. The van der Waals surface area contributed by atoms with Gasteiger partial charge in [0, 0.05) is 17.2 Å². The molecule has 0 radical (unpaired) electrons. The number of hydrogen-bond acceptors (Lipinski definition) is 6. The Labute approximate surface area is 134 Å². The number of rotatable bonds is 2. The maximum Gasteiger partial charge on any atom is 0.338 e. The number of fused-ring (bicyclic) bond motifs is 2. The first-order chi connectivity index (χ1) is 11.3. The molecular formula is C16H10N2O6. The molecule has 0 saturated carbocycles. The van der Waals surface area contributed by atoms with Crippen LogP contribution in [-0.2, 0) is 0 Å². The van der Waals surface area contributed by atoms with Gasteiger partial charge in [0.25, 0.3) is 5.69 Å². The molecular weight excluding hydrogens is 316 g/mol. The van der Waals surface area contributed by atoms with Gasteiger partial charge < -0.3 is 10.8 Å². The molecule has 2 aromatic carbocycles. The molecule has 0 bridgehead atoms. The molecule has 0 aliphatic heterocycles. The van der Waals surface area contributed by atoms with Gasteiger partial charge >= 0.3 is 5.97 Å². The molecule has 3 N–H and O–H groups in total. The van der Waals surface area contributed by atoms with Crippen LogP contribution in [0.1, 0.15) is 47.8 Å². The molecule has 1 aliphatic carbocycles. The van der Waals surface area contributed by atoms with Gasteiger partial charge in [0.1, 0.15) is 5.56 Å². The monoisotopic (exact) mass is 326 g/mol. The van der Waals surface area contributed by atoms with Crippen LogP contribution in [0.25, 0.3) is 0 Å². The molecule has 0 amide bonds. The van der Waals surface area contributed by atoms with Crippen molar-refractivity contribution in [3.05, 3.63) is 67.8 Å². The summed E-state index contributed by atoms with van der Waals surface area (Å²) in [5.41, 5.74) is 3.69. The molecule has 8 nitrogen and oxygen atoms in total. The summed E-state index contributed by atoms with van der Waals surface area (Å²) in [4.78, 5) is 47.2. The van der Waals surface area contributed by atoms with Gasteiger partial charge in [-0.2, -0.15) is 0 Å². The number of aryl methyl sites for hydroxylation is 1. The van der Waals surface area contributed by atoms with Gasteiger partial charge in [0.2, 0.25) is 5.78 Å². The lowest BCUT2D eigenvalue weighted by atomic mass is 9.79. The van der Waals surface area contributed by atoms with Crippen molar-refractivity contribution in [1.29, 1.82) is 0 Å². The molecule has 120 valence electrons. The molecule has 0 fully saturated rings. The van der Waals surface area contributed by atoms with E-state index in [0.29, 0.717) is 11.6 Å². The molecule has 0 atom stereocenters. The van der Waals surface area contributed by atoms with Crippen molar-refractivity contribution in [1.82, 2.24) is 0 Å². The number of nitro benzene ring substituents is 1. The molecule has 8 heteroatoms. The topological polar surface area (TPSA) is 141 Å². The number of aromatic carboxylic acids is 1. The van der Waals surface area contributed by atoms with Crippen molar-refractivity contribution >= 4 is 28.9 Å². The Balaban J connectivity index is 2.48. The second kappa shape index (κ2) is 4.98. The van der Waals surface area contributed by atoms with Crippen molar-refractivity contribution in [2.24, 2.45) is 0 Å². The number of carboxylic acids is 1. The van der Waals surface area contributed by atoms with Gasteiger partial charge in [-0.05, 0) is 12.5 Å². The number of carbonyl (C=O) groups excluding carboxylic acids is 2. The molecule has 3 rings (SSSR count). The summed E-state index contributed by atoms with van der Waals surface area (Å²) < 4.78 is 0. The minimum atomic E-state index is -1.52. The first-order valence-electron chi connectivity index (χ1n) is 6.78. The van der Waals surface area contributed by atoms with Crippen molar-refractivity contribution in [2.45, 2.75) is 6.92 Å². The fourth-order valence-corrected chi connectivity index (χ4v) is 2.89. The predicted octanol–water partition coefficient (Wildman–Crippen LogP) is 1.96. The highest BCUT2D eigenvalue weighted by atomic mass is 16.6. The number of carbonyl (C=O) groups is 3. The molecule has 0 spiro atoms. The lowest BCUT2D eigenvalue weighted by Gasteiger charge is -2.21. The Kier molecular flexibility index (Phi) is 3.19. The van der Waals surface area contributed by atoms with Gasteiger partial charge in [-0.15, -0.1) is 0 Å². The quantitative estimate of drug-likeness (QED) is 0.416. The lowest BCUT2D eigenvalue weighted by molar-refractivity contribution is -0.385. The summed E-state index contributed by atoms with van der Waals surface area (Å²) in [6.45, 7) is 1.61. The third-order valence-electron chi connectivity index (χ3n) is 3.97. The van der Waals surface area contributed by atoms with Gasteiger partial charge in [0.05, 0.1) is 21.7 Å². The van der Waals surface area contributed by atoms with E-state index in [0.717, 1.165) is 0 Å². The summed E-state index contributed by atoms with van der Waals surface area (Å²) >= 11 is 0. The van der Waals surface area contributed by atoms with Crippen LogP contribution in [-0.4, -0.2) is 27.6 Å². The van der Waals surface area contributed by atoms with E-state index >= 15 is 0 Å². The van der Waals surface area contributed by atoms with E-state index in [9.17, 15) is 24.5 Å². The SMILES string of the molecule is Cc1cccc2c1C(=O)c1c([N+](=O)[O-])cc(C(=O)O)c(N)c1C2=O. The zero-order valence-electron chi connectivity index (χ0n) is 12.3. The highest BCUT2D eigenvalue weighted by molar-refractivity contribution is 6.32. The first kappa shape index (κ1) is 15.3. The first-order valence-corrected chi connectivity index (χ1v) is 6.78. The molecule has 0 unspecified atom stereocenters. The number of ketones is 2. The van der Waals surface area contributed by atoms with Crippen LogP contribution >= 0.6 is 0 Å². The van der Waals surface area contributed by atoms with E-state index in [1.807, 2.05) is 0 Å². The van der Waals surface area contributed by atoms with E-state index in [4.69, 9.17) is 10.8 Å². The Morgan fingerprint density at radius 2 is 1.83 bits per heavy atom. The fraction of sp³-hybridized carbons (Fsp3) is 0.0625. The number of nitrogens with zero attached hydrogens (tertiary/aromatic N) is 1. The molecule has 1 aliphatic rings. The van der Waals surface area contributed by atoms with Gasteiger partial charge in [0.15, 0.2) is 5.78 Å². The standard InChI is InChI=1S/C16H10N2O6/c1-6-3-2-4-7-10(6)15(20)11-9(18(23)24)5-8(16(21)22)13(17)12(11)14(7)19/h2-5H,17H2,1H3,(H,21,22). The molecule has 0 heterocycles. The summed E-state index contributed by atoms with van der Waals surface area (Å²) in [6, 6.07) is 5.29. The number of anilines is 1. The summed E-state index contributed by atoms with van der Waals surface area (Å²) in [7, 11) is 0. The third kappa shape index (κ3) is 1.89. The Hall–Kier alpha value is -3.55. The average molecular weight is 326 g/mol. The van der Waals surface area contributed by atoms with Crippen LogP contribution in [0, 0.1) is 17.0 Å². The maximum absolute atomic E-state index is 12.8. The number of benzene rings is 2. The van der Waals surface area contributed by atoms with Crippen LogP contribution in [0.15, 0.2) is 24.3 Å². The number of carboxylic acid groups (broad SMARTS) is 1. The smallest absolute Gasteiger partial charge is 0.338 e.